The van der Waals surface area contributed by atoms with Gasteiger partial charge in [0.1, 0.15) is 11.6 Å². The van der Waals surface area contributed by atoms with Crippen LogP contribution in [0.2, 0.25) is 0 Å². The van der Waals surface area contributed by atoms with Gasteiger partial charge in [0.2, 0.25) is 0 Å². The molecule has 1 aromatic carbocycles. The zero-order valence-corrected chi connectivity index (χ0v) is 8.35. The molecule has 0 saturated heterocycles. The Kier molecular flexibility index (Phi) is 5.76. The van der Waals surface area contributed by atoms with Gasteiger partial charge in [-0.05, 0) is 30.7 Å². The van der Waals surface area contributed by atoms with Crippen LogP contribution in [0.25, 0.3) is 0 Å². The van der Waals surface area contributed by atoms with E-state index in [2.05, 4.69) is 4.74 Å². The molecule has 0 N–H and O–H groups in total. The molecule has 0 amide bonds. The van der Waals surface area contributed by atoms with Crippen LogP contribution >= 0.6 is 0 Å². The Labute approximate surface area is 81.5 Å². The summed E-state index contributed by atoms with van der Waals surface area (Å²) in [6, 6.07) is 3.48. The molecule has 0 bridgehead atoms. The molecule has 1 rings (SSSR count). The fourth-order valence-electron chi connectivity index (χ4n) is 0.793. The Morgan fingerprint density at radius 3 is 2.21 bits per heavy atom. The number of aryl methyl sites for hydroxylation is 1. The number of hydrogen-bond donors (Lipinski definition) is 0. The Balaban J connectivity index is 0.000000791. The van der Waals surface area contributed by atoms with Crippen molar-refractivity contribution in [3.05, 3.63) is 29.6 Å². The van der Waals surface area contributed by atoms with Crippen molar-refractivity contribution in [2.45, 2.75) is 27.4 Å². The van der Waals surface area contributed by atoms with E-state index in [1.165, 1.54) is 13.0 Å². The van der Waals surface area contributed by atoms with Gasteiger partial charge in [-0.25, -0.2) is 4.39 Å². The molecular formula is C10H13F3O. The molecule has 0 aliphatic heterocycles. The van der Waals surface area contributed by atoms with Gasteiger partial charge in [-0.1, -0.05) is 13.8 Å². The lowest BCUT2D eigenvalue weighted by Gasteiger charge is -2.04. The monoisotopic (exact) mass is 206 g/mol. The van der Waals surface area contributed by atoms with Crippen LogP contribution in [0.1, 0.15) is 19.4 Å². The van der Waals surface area contributed by atoms with Gasteiger partial charge in [0, 0.05) is 0 Å². The molecule has 0 spiro atoms. The molecule has 1 aromatic rings. The highest BCUT2D eigenvalue weighted by Crippen LogP contribution is 2.17. The van der Waals surface area contributed by atoms with Crippen LogP contribution in [0, 0.1) is 12.7 Å². The van der Waals surface area contributed by atoms with E-state index in [1.54, 1.807) is 0 Å². The molecule has 4 heteroatoms. The summed E-state index contributed by atoms with van der Waals surface area (Å²) in [7, 11) is 0. The summed E-state index contributed by atoms with van der Waals surface area (Å²) in [5, 5.41) is 0. The molecule has 80 valence electrons. The largest absolute Gasteiger partial charge is 0.435 e. The maximum absolute atomic E-state index is 12.6. The Hall–Kier alpha value is -1.19. The molecule has 0 fully saturated rings. The first kappa shape index (κ1) is 12.8. The molecule has 0 atom stereocenters. The van der Waals surface area contributed by atoms with Crippen molar-refractivity contribution in [2.24, 2.45) is 0 Å². The first-order valence-electron chi connectivity index (χ1n) is 4.30. The molecule has 0 heterocycles. The average Bonchev–Trinajstić information content (AvgIpc) is 2.14. The van der Waals surface area contributed by atoms with E-state index in [0.29, 0.717) is 0 Å². The molecule has 0 saturated carbocycles. The molecule has 0 aliphatic carbocycles. The van der Waals surface area contributed by atoms with Crippen molar-refractivity contribution < 1.29 is 17.9 Å². The lowest BCUT2D eigenvalue weighted by Crippen LogP contribution is -2.02. The van der Waals surface area contributed by atoms with Crippen molar-refractivity contribution in [3.8, 4) is 5.75 Å². The van der Waals surface area contributed by atoms with Crippen molar-refractivity contribution in [1.29, 1.82) is 0 Å². The van der Waals surface area contributed by atoms with Crippen molar-refractivity contribution >= 4 is 0 Å². The predicted octanol–water partition coefficient (Wildman–Crippen LogP) is 3.76. The van der Waals surface area contributed by atoms with Gasteiger partial charge >= 0.3 is 6.61 Å². The lowest BCUT2D eigenvalue weighted by molar-refractivity contribution is -0.0499. The van der Waals surface area contributed by atoms with Crippen LogP contribution in [0.3, 0.4) is 0 Å². The van der Waals surface area contributed by atoms with Crippen LogP contribution in [-0.4, -0.2) is 6.61 Å². The van der Waals surface area contributed by atoms with E-state index in [9.17, 15) is 13.2 Å². The maximum atomic E-state index is 12.6. The van der Waals surface area contributed by atoms with Crippen molar-refractivity contribution in [3.63, 3.8) is 0 Å². The number of benzene rings is 1. The summed E-state index contributed by atoms with van der Waals surface area (Å²) >= 11 is 0. The minimum atomic E-state index is -2.87. The first-order chi connectivity index (χ1) is 6.59. The molecule has 1 nitrogen and oxygen atoms in total. The number of hydrogen-bond acceptors (Lipinski definition) is 1. The fraction of sp³-hybridized carbons (Fsp3) is 0.400. The zero-order chi connectivity index (χ0) is 11.1. The average molecular weight is 206 g/mol. The fourth-order valence-corrected chi connectivity index (χ4v) is 0.793. The highest BCUT2D eigenvalue weighted by atomic mass is 19.3. The first-order valence-corrected chi connectivity index (χ1v) is 4.30. The summed E-state index contributed by atoms with van der Waals surface area (Å²) in [6.45, 7) is 2.61. The van der Waals surface area contributed by atoms with Gasteiger partial charge in [-0.15, -0.1) is 0 Å². The summed E-state index contributed by atoms with van der Waals surface area (Å²) in [5.41, 5.74) is 0.285. The third-order valence-corrected chi connectivity index (χ3v) is 1.35. The second-order valence-electron chi connectivity index (χ2n) is 2.29. The minimum Gasteiger partial charge on any atom is -0.435 e. The quantitative estimate of drug-likeness (QED) is 0.715. The van der Waals surface area contributed by atoms with Gasteiger partial charge in [0.05, 0.1) is 0 Å². The lowest BCUT2D eigenvalue weighted by atomic mass is 10.2. The highest BCUT2D eigenvalue weighted by Gasteiger charge is 2.05. The van der Waals surface area contributed by atoms with Crippen LogP contribution in [-0.2, 0) is 0 Å². The van der Waals surface area contributed by atoms with Crippen LogP contribution in [0.15, 0.2) is 18.2 Å². The Morgan fingerprint density at radius 2 is 1.79 bits per heavy atom. The number of halogens is 3. The summed E-state index contributed by atoms with van der Waals surface area (Å²) in [6.07, 6.45) is 0. The Morgan fingerprint density at radius 1 is 1.21 bits per heavy atom. The van der Waals surface area contributed by atoms with Gasteiger partial charge in [-0.2, -0.15) is 8.78 Å². The van der Waals surface area contributed by atoms with E-state index in [0.717, 1.165) is 12.1 Å². The molecule has 0 aliphatic rings. The molecule has 14 heavy (non-hydrogen) atoms. The smallest absolute Gasteiger partial charge is 0.387 e. The summed E-state index contributed by atoms with van der Waals surface area (Å²) in [4.78, 5) is 0. The van der Waals surface area contributed by atoms with Gasteiger partial charge in [0.25, 0.3) is 0 Å². The van der Waals surface area contributed by atoms with Crippen LogP contribution < -0.4 is 4.74 Å². The molecular weight excluding hydrogens is 193 g/mol. The number of alkyl halides is 2. The summed E-state index contributed by atoms with van der Waals surface area (Å²) in [5.74, 6) is -0.458. The van der Waals surface area contributed by atoms with Crippen LogP contribution in [0.5, 0.6) is 5.75 Å². The summed E-state index contributed by atoms with van der Waals surface area (Å²) < 4.78 is 39.9. The maximum Gasteiger partial charge on any atom is 0.387 e. The van der Waals surface area contributed by atoms with Crippen molar-refractivity contribution in [2.75, 3.05) is 0 Å². The molecule has 0 aromatic heterocycles. The van der Waals surface area contributed by atoms with Crippen molar-refractivity contribution in [1.82, 2.24) is 0 Å². The standard InChI is InChI=1S/C8H7F3O.C2H6/c1-5-4-6(12-8(10)11)2-3-7(5)9;1-2/h2-4,8H,1H3;1-2H3. The van der Waals surface area contributed by atoms with E-state index >= 15 is 0 Å². The third kappa shape index (κ3) is 4.16. The highest BCUT2D eigenvalue weighted by molar-refractivity contribution is 5.28. The number of rotatable bonds is 2. The van der Waals surface area contributed by atoms with Gasteiger partial charge < -0.3 is 4.74 Å². The van der Waals surface area contributed by atoms with Gasteiger partial charge in [0.15, 0.2) is 0 Å². The van der Waals surface area contributed by atoms with E-state index in [-0.39, 0.29) is 11.3 Å². The van der Waals surface area contributed by atoms with E-state index in [1.807, 2.05) is 13.8 Å². The Bertz CT molecular complexity index is 274. The van der Waals surface area contributed by atoms with Crippen LogP contribution in [0.4, 0.5) is 13.2 Å². The second kappa shape index (κ2) is 6.29. The molecule has 0 unspecified atom stereocenters. The topological polar surface area (TPSA) is 9.23 Å². The second-order valence-corrected chi connectivity index (χ2v) is 2.29. The SMILES string of the molecule is CC.Cc1cc(OC(F)F)ccc1F. The zero-order valence-electron chi connectivity index (χ0n) is 8.35. The normalized spacial score (nSPS) is 9.36. The number of ether oxygens (including phenoxy) is 1. The predicted molar refractivity (Wildman–Crippen MR) is 49.1 cm³/mol. The molecule has 0 radical (unpaired) electrons. The minimum absolute atomic E-state index is 0.0242. The third-order valence-electron chi connectivity index (χ3n) is 1.35. The van der Waals surface area contributed by atoms with E-state index < -0.39 is 12.4 Å². The van der Waals surface area contributed by atoms with E-state index in [4.69, 9.17) is 0 Å². The van der Waals surface area contributed by atoms with Gasteiger partial charge in [-0.3, -0.25) is 0 Å².